The maximum Gasteiger partial charge on any atom is 0.276 e. The summed E-state index contributed by atoms with van der Waals surface area (Å²) in [6.45, 7) is 4.64. The van der Waals surface area contributed by atoms with Crippen molar-refractivity contribution in [1.29, 1.82) is 0 Å². The fraction of sp³-hybridized carbons (Fsp3) is 0.292. The van der Waals surface area contributed by atoms with E-state index in [0.29, 0.717) is 31.9 Å². The van der Waals surface area contributed by atoms with E-state index in [-0.39, 0.29) is 30.1 Å². The zero-order valence-corrected chi connectivity index (χ0v) is 18.5. The monoisotopic (exact) mass is 446 g/mol. The lowest BCUT2D eigenvalue weighted by molar-refractivity contribution is -0.131. The van der Waals surface area contributed by atoms with Crippen LogP contribution < -0.4 is 15.8 Å². The summed E-state index contributed by atoms with van der Waals surface area (Å²) in [6, 6.07) is 15.9. The van der Waals surface area contributed by atoms with Gasteiger partial charge in [-0.2, -0.15) is 5.10 Å². The molecule has 0 unspecified atom stereocenters. The Morgan fingerprint density at radius 2 is 1.82 bits per heavy atom. The molecule has 0 saturated carbocycles. The number of amides is 2. The van der Waals surface area contributed by atoms with Crippen LogP contribution in [0.25, 0.3) is 0 Å². The number of hydrogen-bond donors (Lipinski definition) is 1. The molecule has 33 heavy (non-hydrogen) atoms. The lowest BCUT2D eigenvalue weighted by Gasteiger charge is -2.35. The lowest BCUT2D eigenvalue weighted by atomic mass is 10.2. The van der Waals surface area contributed by atoms with Crippen molar-refractivity contribution in [1.82, 2.24) is 19.7 Å². The third-order valence-electron chi connectivity index (χ3n) is 5.52. The van der Waals surface area contributed by atoms with Crippen LogP contribution in [0.4, 0.5) is 11.5 Å². The summed E-state index contributed by atoms with van der Waals surface area (Å²) in [5.74, 6) is 0.450. The Balaban J connectivity index is 1.33. The van der Waals surface area contributed by atoms with E-state index < -0.39 is 5.91 Å². The summed E-state index contributed by atoms with van der Waals surface area (Å²) in [6.07, 6.45) is 1.90. The Morgan fingerprint density at radius 1 is 1.00 bits per heavy atom. The molecular formula is C24H26N6O3. The molecule has 0 atom stereocenters. The van der Waals surface area contributed by atoms with Crippen molar-refractivity contribution in [2.24, 2.45) is 0 Å². The van der Waals surface area contributed by atoms with Crippen molar-refractivity contribution in [2.45, 2.75) is 19.9 Å². The van der Waals surface area contributed by atoms with Gasteiger partial charge in [-0.05, 0) is 42.8 Å². The van der Waals surface area contributed by atoms with E-state index in [1.807, 2.05) is 43.3 Å². The van der Waals surface area contributed by atoms with Crippen molar-refractivity contribution in [3.05, 3.63) is 82.4 Å². The fourth-order valence-corrected chi connectivity index (χ4v) is 3.73. The number of pyridine rings is 1. The fourth-order valence-electron chi connectivity index (χ4n) is 3.73. The minimum atomic E-state index is -0.411. The van der Waals surface area contributed by atoms with Gasteiger partial charge in [0, 0.05) is 50.6 Å². The molecule has 3 aromatic rings. The van der Waals surface area contributed by atoms with E-state index >= 15 is 0 Å². The van der Waals surface area contributed by atoms with Crippen molar-refractivity contribution >= 4 is 23.3 Å². The largest absolute Gasteiger partial charge is 0.353 e. The zero-order valence-electron chi connectivity index (χ0n) is 18.5. The van der Waals surface area contributed by atoms with Crippen LogP contribution in [0.3, 0.4) is 0 Å². The maximum atomic E-state index is 12.7. The first kappa shape index (κ1) is 22.2. The first-order valence-electron chi connectivity index (χ1n) is 10.9. The molecule has 2 amide bonds. The van der Waals surface area contributed by atoms with E-state index in [1.54, 1.807) is 17.2 Å². The molecule has 1 aromatic carbocycles. The van der Waals surface area contributed by atoms with Gasteiger partial charge in [-0.3, -0.25) is 14.4 Å². The summed E-state index contributed by atoms with van der Waals surface area (Å²) in [7, 11) is 0. The second-order valence-electron chi connectivity index (χ2n) is 7.91. The third kappa shape index (κ3) is 5.62. The van der Waals surface area contributed by atoms with Crippen molar-refractivity contribution in [3.8, 4) is 0 Å². The number of carbonyl (C=O) groups excluding carboxylic acids is 2. The minimum Gasteiger partial charge on any atom is -0.353 e. The minimum absolute atomic E-state index is 0.0426. The molecule has 0 radical (unpaired) electrons. The number of aryl methyl sites for hydroxylation is 2. The molecule has 3 heterocycles. The number of nitrogens with one attached hydrogen (secondary N) is 1. The Hall–Kier alpha value is -4.01. The molecule has 1 fully saturated rings. The number of hydrogen-bond acceptors (Lipinski definition) is 6. The van der Waals surface area contributed by atoms with Gasteiger partial charge in [-0.25, -0.2) is 9.67 Å². The number of aromatic nitrogens is 3. The molecule has 1 aliphatic heterocycles. The smallest absolute Gasteiger partial charge is 0.276 e. The van der Waals surface area contributed by atoms with Crippen LogP contribution in [-0.4, -0.2) is 57.7 Å². The van der Waals surface area contributed by atoms with Crippen LogP contribution in [-0.2, 0) is 11.3 Å². The topological polar surface area (TPSA) is 100 Å². The van der Waals surface area contributed by atoms with Gasteiger partial charge in [-0.15, -0.1) is 0 Å². The Bertz CT molecular complexity index is 1190. The summed E-state index contributed by atoms with van der Waals surface area (Å²) in [4.78, 5) is 45.7. The van der Waals surface area contributed by atoms with Crippen molar-refractivity contribution < 1.29 is 9.59 Å². The molecule has 4 rings (SSSR count). The molecule has 9 nitrogen and oxygen atoms in total. The van der Waals surface area contributed by atoms with Crippen LogP contribution in [0.1, 0.15) is 22.5 Å². The quantitative estimate of drug-likeness (QED) is 0.621. The molecule has 0 bridgehead atoms. The van der Waals surface area contributed by atoms with Gasteiger partial charge in [0.25, 0.3) is 11.5 Å². The van der Waals surface area contributed by atoms with Crippen LogP contribution in [0.2, 0.25) is 0 Å². The van der Waals surface area contributed by atoms with Gasteiger partial charge < -0.3 is 15.1 Å². The highest BCUT2D eigenvalue weighted by molar-refractivity contribution is 6.02. The second kappa shape index (κ2) is 10.1. The summed E-state index contributed by atoms with van der Waals surface area (Å²) in [5, 5.41) is 6.94. The van der Waals surface area contributed by atoms with Crippen LogP contribution in [0.5, 0.6) is 0 Å². The third-order valence-corrected chi connectivity index (χ3v) is 5.52. The Labute approximate surface area is 191 Å². The van der Waals surface area contributed by atoms with Gasteiger partial charge in [-0.1, -0.05) is 18.2 Å². The average Bonchev–Trinajstić information content (AvgIpc) is 2.84. The van der Waals surface area contributed by atoms with Gasteiger partial charge in [0.05, 0.1) is 6.54 Å². The summed E-state index contributed by atoms with van der Waals surface area (Å²) in [5.41, 5.74) is 1.44. The molecule has 0 spiro atoms. The predicted molar refractivity (Wildman–Crippen MR) is 125 cm³/mol. The van der Waals surface area contributed by atoms with Gasteiger partial charge in [0.15, 0.2) is 0 Å². The first-order valence-corrected chi connectivity index (χ1v) is 10.9. The highest BCUT2D eigenvalue weighted by Gasteiger charge is 2.22. The van der Waals surface area contributed by atoms with E-state index in [1.165, 1.54) is 16.8 Å². The highest BCUT2D eigenvalue weighted by Crippen LogP contribution is 2.13. The lowest BCUT2D eigenvalue weighted by Crippen LogP contribution is -2.49. The van der Waals surface area contributed by atoms with Gasteiger partial charge in [0.2, 0.25) is 5.91 Å². The normalized spacial score (nSPS) is 13.6. The summed E-state index contributed by atoms with van der Waals surface area (Å²) >= 11 is 0. The molecule has 2 aromatic heterocycles. The van der Waals surface area contributed by atoms with Crippen molar-refractivity contribution in [2.75, 3.05) is 36.4 Å². The van der Waals surface area contributed by atoms with E-state index in [0.717, 1.165) is 11.4 Å². The SMILES string of the molecule is Cc1cccc(NC(=O)c2ccc(=O)n(CCC(=O)N3CCN(c4ccccn4)CC3)n2)c1. The van der Waals surface area contributed by atoms with E-state index in [4.69, 9.17) is 0 Å². The average molecular weight is 447 g/mol. The van der Waals surface area contributed by atoms with Crippen molar-refractivity contribution in [3.63, 3.8) is 0 Å². The maximum absolute atomic E-state index is 12.7. The number of carbonyl (C=O) groups is 2. The standard InChI is InChI=1S/C24H26N6O3/c1-18-5-4-6-19(17-18)26-24(33)20-8-9-23(32)30(27-20)12-10-22(31)29-15-13-28(14-16-29)21-7-2-3-11-25-21/h2-9,11,17H,10,12-16H2,1H3,(H,26,33). The van der Waals surface area contributed by atoms with Gasteiger partial charge in [0.1, 0.15) is 11.5 Å². The van der Waals surface area contributed by atoms with Crippen LogP contribution in [0, 0.1) is 6.92 Å². The number of benzene rings is 1. The number of piperazine rings is 1. The van der Waals surface area contributed by atoms with Crippen LogP contribution in [0.15, 0.2) is 65.6 Å². The molecule has 0 aliphatic carbocycles. The Morgan fingerprint density at radius 3 is 2.55 bits per heavy atom. The number of anilines is 2. The number of rotatable bonds is 6. The molecule has 9 heteroatoms. The molecular weight excluding hydrogens is 420 g/mol. The second-order valence-corrected chi connectivity index (χ2v) is 7.91. The van der Waals surface area contributed by atoms with E-state index in [9.17, 15) is 14.4 Å². The molecule has 1 N–H and O–H groups in total. The predicted octanol–water partition coefficient (Wildman–Crippen LogP) is 1.94. The van der Waals surface area contributed by atoms with E-state index in [2.05, 4.69) is 20.3 Å². The molecule has 1 aliphatic rings. The van der Waals surface area contributed by atoms with Crippen LogP contribution >= 0.6 is 0 Å². The zero-order chi connectivity index (χ0) is 23.2. The highest BCUT2D eigenvalue weighted by atomic mass is 16.2. The Kier molecular flexibility index (Phi) is 6.77. The first-order chi connectivity index (χ1) is 16.0. The molecule has 1 saturated heterocycles. The van der Waals surface area contributed by atoms with Gasteiger partial charge >= 0.3 is 0 Å². The molecule has 170 valence electrons. The number of nitrogens with zero attached hydrogens (tertiary/aromatic N) is 5. The summed E-state index contributed by atoms with van der Waals surface area (Å²) < 4.78 is 1.17.